The summed E-state index contributed by atoms with van der Waals surface area (Å²) < 4.78 is 0. The lowest BCUT2D eigenvalue weighted by Gasteiger charge is -2.15. The van der Waals surface area contributed by atoms with Crippen molar-refractivity contribution in [2.45, 2.75) is 64.7 Å². The predicted octanol–water partition coefficient (Wildman–Crippen LogP) is 4.87. The summed E-state index contributed by atoms with van der Waals surface area (Å²) in [6, 6.07) is 4.36. The van der Waals surface area contributed by atoms with E-state index >= 15 is 0 Å². The highest BCUT2D eigenvalue weighted by molar-refractivity contribution is 5.09. The first-order chi connectivity index (χ1) is 7.38. The highest BCUT2D eigenvalue weighted by Crippen LogP contribution is 2.26. The first-order valence-electron chi connectivity index (χ1n) is 6.51. The van der Waals surface area contributed by atoms with E-state index in [1.54, 1.807) is 0 Å². The fourth-order valence-corrected chi connectivity index (χ4v) is 2.14. The molecule has 1 nitrogen and oxygen atoms in total. The van der Waals surface area contributed by atoms with Crippen molar-refractivity contribution in [1.82, 2.24) is 4.98 Å². The van der Waals surface area contributed by atoms with E-state index in [-0.39, 0.29) is 0 Å². The summed E-state index contributed by atoms with van der Waals surface area (Å²) in [6.07, 6.45) is 11.5. The number of aromatic amines is 1. The van der Waals surface area contributed by atoms with Gasteiger partial charge in [0.1, 0.15) is 0 Å². The third-order valence-corrected chi connectivity index (χ3v) is 3.12. The minimum absolute atomic E-state index is 0.770. The van der Waals surface area contributed by atoms with Crippen LogP contribution in [0.25, 0.3) is 0 Å². The summed E-state index contributed by atoms with van der Waals surface area (Å²) in [5.41, 5.74) is 1.44. The smallest absolute Gasteiger partial charge is 0.0178 e. The Morgan fingerprint density at radius 1 is 1.07 bits per heavy atom. The van der Waals surface area contributed by atoms with Crippen molar-refractivity contribution in [2.24, 2.45) is 0 Å². The highest BCUT2D eigenvalue weighted by atomic mass is 14.7. The largest absolute Gasteiger partial charge is 0.365 e. The van der Waals surface area contributed by atoms with E-state index in [1.807, 2.05) is 6.20 Å². The van der Waals surface area contributed by atoms with Gasteiger partial charge in [0.25, 0.3) is 0 Å². The van der Waals surface area contributed by atoms with E-state index in [9.17, 15) is 0 Å². The van der Waals surface area contributed by atoms with Crippen LogP contribution in [0.5, 0.6) is 0 Å². The van der Waals surface area contributed by atoms with E-state index in [0.717, 1.165) is 5.92 Å². The van der Waals surface area contributed by atoms with Crippen molar-refractivity contribution < 1.29 is 0 Å². The molecule has 0 saturated heterocycles. The summed E-state index contributed by atoms with van der Waals surface area (Å²) >= 11 is 0. The maximum atomic E-state index is 3.37. The zero-order valence-corrected chi connectivity index (χ0v) is 10.3. The monoisotopic (exact) mass is 207 g/mol. The van der Waals surface area contributed by atoms with Gasteiger partial charge in [-0.05, 0) is 30.9 Å². The molecule has 0 bridgehead atoms. The van der Waals surface area contributed by atoms with Crippen molar-refractivity contribution in [2.75, 3.05) is 0 Å². The molecule has 1 N–H and O–H groups in total. The molecule has 1 aromatic heterocycles. The molecule has 86 valence electrons. The zero-order chi connectivity index (χ0) is 10.9. The van der Waals surface area contributed by atoms with Gasteiger partial charge in [-0.3, -0.25) is 0 Å². The number of hydrogen-bond donors (Lipinski definition) is 1. The molecule has 0 spiro atoms. The van der Waals surface area contributed by atoms with Crippen LogP contribution in [-0.4, -0.2) is 4.98 Å². The molecule has 0 aliphatic rings. The van der Waals surface area contributed by atoms with Gasteiger partial charge >= 0.3 is 0 Å². The second kappa shape index (κ2) is 7.56. The van der Waals surface area contributed by atoms with Crippen LogP contribution < -0.4 is 0 Å². The Morgan fingerprint density at radius 3 is 2.40 bits per heavy atom. The van der Waals surface area contributed by atoms with Crippen molar-refractivity contribution in [3.8, 4) is 0 Å². The molecule has 1 heterocycles. The minimum Gasteiger partial charge on any atom is -0.365 e. The molecule has 1 atom stereocenters. The maximum absolute atomic E-state index is 3.37. The molecular formula is C14H25N. The molecule has 1 rings (SSSR count). The Labute approximate surface area is 94.3 Å². The Kier molecular flexibility index (Phi) is 6.22. The third-order valence-electron chi connectivity index (χ3n) is 3.12. The van der Waals surface area contributed by atoms with Gasteiger partial charge in [-0.15, -0.1) is 0 Å². The second-order valence-electron chi connectivity index (χ2n) is 4.46. The van der Waals surface area contributed by atoms with Crippen LogP contribution in [-0.2, 0) is 0 Å². The molecule has 0 aliphatic carbocycles. The number of unbranched alkanes of at least 4 members (excludes halogenated alkanes) is 3. The van der Waals surface area contributed by atoms with Crippen molar-refractivity contribution in [1.29, 1.82) is 0 Å². The first-order valence-corrected chi connectivity index (χ1v) is 6.51. The van der Waals surface area contributed by atoms with Gasteiger partial charge in [-0.2, -0.15) is 0 Å². The van der Waals surface area contributed by atoms with Crippen molar-refractivity contribution in [3.05, 3.63) is 24.0 Å². The topological polar surface area (TPSA) is 15.8 Å². The molecule has 0 radical (unpaired) electrons. The summed E-state index contributed by atoms with van der Waals surface area (Å²) in [5.74, 6) is 0.770. The van der Waals surface area contributed by atoms with Crippen LogP contribution >= 0.6 is 0 Å². The van der Waals surface area contributed by atoms with Gasteiger partial charge in [0, 0.05) is 11.9 Å². The number of aromatic nitrogens is 1. The zero-order valence-electron chi connectivity index (χ0n) is 10.3. The summed E-state index contributed by atoms with van der Waals surface area (Å²) in [4.78, 5) is 3.37. The van der Waals surface area contributed by atoms with Crippen LogP contribution in [0, 0.1) is 0 Å². The summed E-state index contributed by atoms with van der Waals surface area (Å²) in [7, 11) is 0. The second-order valence-corrected chi connectivity index (χ2v) is 4.46. The van der Waals surface area contributed by atoms with Crippen LogP contribution in [0.1, 0.15) is 70.4 Å². The van der Waals surface area contributed by atoms with Crippen molar-refractivity contribution in [3.63, 3.8) is 0 Å². The quantitative estimate of drug-likeness (QED) is 0.585. The molecule has 0 aromatic carbocycles. The predicted molar refractivity (Wildman–Crippen MR) is 67.2 cm³/mol. The molecule has 0 aliphatic heterocycles. The van der Waals surface area contributed by atoms with E-state index in [4.69, 9.17) is 0 Å². The molecule has 1 heteroatoms. The van der Waals surface area contributed by atoms with Crippen LogP contribution in [0.4, 0.5) is 0 Å². The molecule has 15 heavy (non-hydrogen) atoms. The lowest BCUT2D eigenvalue weighted by atomic mass is 9.93. The number of nitrogens with one attached hydrogen (secondary N) is 1. The normalized spacial score (nSPS) is 12.9. The van der Waals surface area contributed by atoms with Crippen LogP contribution in [0.2, 0.25) is 0 Å². The molecule has 0 saturated carbocycles. The maximum Gasteiger partial charge on any atom is 0.0178 e. The number of hydrogen-bond acceptors (Lipinski definition) is 0. The standard InChI is InChI=1S/C14H25N/c1-3-5-7-10-13(9-6-4-2)14-11-8-12-15-14/h8,11-13,15H,3-7,9-10H2,1-2H3. The average molecular weight is 207 g/mol. The summed E-state index contributed by atoms with van der Waals surface area (Å²) in [6.45, 7) is 4.55. The van der Waals surface area contributed by atoms with Crippen LogP contribution in [0.3, 0.4) is 0 Å². The fourth-order valence-electron chi connectivity index (χ4n) is 2.14. The van der Waals surface area contributed by atoms with E-state index < -0.39 is 0 Å². The van der Waals surface area contributed by atoms with Gasteiger partial charge in [-0.25, -0.2) is 0 Å². The van der Waals surface area contributed by atoms with E-state index in [1.165, 1.54) is 50.6 Å². The fraction of sp³-hybridized carbons (Fsp3) is 0.714. The van der Waals surface area contributed by atoms with E-state index in [2.05, 4.69) is 31.0 Å². The minimum atomic E-state index is 0.770. The Hall–Kier alpha value is -0.720. The van der Waals surface area contributed by atoms with Gasteiger partial charge < -0.3 is 4.98 Å². The van der Waals surface area contributed by atoms with Gasteiger partial charge in [0.15, 0.2) is 0 Å². The van der Waals surface area contributed by atoms with Crippen molar-refractivity contribution >= 4 is 0 Å². The molecular weight excluding hydrogens is 182 g/mol. The Morgan fingerprint density at radius 2 is 1.80 bits per heavy atom. The van der Waals surface area contributed by atoms with Gasteiger partial charge in [0.05, 0.1) is 0 Å². The lowest BCUT2D eigenvalue weighted by molar-refractivity contribution is 0.507. The average Bonchev–Trinajstić information content (AvgIpc) is 2.76. The highest BCUT2D eigenvalue weighted by Gasteiger charge is 2.10. The molecule has 0 fully saturated rings. The first kappa shape index (κ1) is 12.4. The Bertz CT molecular complexity index is 225. The lowest BCUT2D eigenvalue weighted by Crippen LogP contribution is -1.99. The molecule has 1 unspecified atom stereocenters. The Balaban J connectivity index is 2.39. The SMILES string of the molecule is CCCCCC(CCCC)c1ccc[nH]1. The van der Waals surface area contributed by atoms with Crippen LogP contribution in [0.15, 0.2) is 18.3 Å². The molecule has 1 aromatic rings. The van der Waals surface area contributed by atoms with E-state index in [0.29, 0.717) is 0 Å². The third kappa shape index (κ3) is 4.55. The van der Waals surface area contributed by atoms with Gasteiger partial charge in [-0.1, -0.05) is 46.0 Å². The van der Waals surface area contributed by atoms with Gasteiger partial charge in [0.2, 0.25) is 0 Å². The molecule has 0 amide bonds. The summed E-state index contributed by atoms with van der Waals surface area (Å²) in [5, 5.41) is 0. The number of rotatable bonds is 8. The number of H-pyrrole nitrogens is 1.